The van der Waals surface area contributed by atoms with Gasteiger partial charge in [-0.05, 0) is 12.1 Å². The zero-order valence-electron chi connectivity index (χ0n) is 7.00. The summed E-state index contributed by atoms with van der Waals surface area (Å²) in [5.74, 6) is -2.12. The summed E-state index contributed by atoms with van der Waals surface area (Å²) in [7, 11) is -4.18. The van der Waals surface area contributed by atoms with Crippen molar-refractivity contribution >= 4 is 10.0 Å². The second kappa shape index (κ2) is 3.60. The molecule has 0 aromatic heterocycles. The van der Waals surface area contributed by atoms with Gasteiger partial charge in [0.25, 0.3) is 0 Å². The number of nitrogens with two attached hydrogens (primary N) is 2. The lowest BCUT2D eigenvalue weighted by atomic mass is 10.2. The summed E-state index contributed by atoms with van der Waals surface area (Å²) in [6, 6.07) is 1.57. The van der Waals surface area contributed by atoms with Crippen molar-refractivity contribution in [2.75, 3.05) is 0 Å². The van der Waals surface area contributed by atoms with Gasteiger partial charge in [0.2, 0.25) is 10.0 Å². The number of benzene rings is 1. The van der Waals surface area contributed by atoms with Crippen LogP contribution in [0.3, 0.4) is 0 Å². The molecule has 0 aliphatic carbocycles. The molecule has 14 heavy (non-hydrogen) atoms. The van der Waals surface area contributed by atoms with Gasteiger partial charge in [0, 0.05) is 12.1 Å². The third-order valence-corrected chi connectivity index (χ3v) is 2.59. The predicted molar refractivity (Wildman–Crippen MR) is 45.6 cm³/mol. The number of hydrogen-bond acceptors (Lipinski definition) is 3. The van der Waals surface area contributed by atoms with E-state index in [2.05, 4.69) is 0 Å². The third kappa shape index (κ3) is 1.89. The predicted octanol–water partition coefficient (Wildman–Crippen LogP) is 0.0709. The Balaban J connectivity index is 3.52. The number of halogens is 2. The van der Waals surface area contributed by atoms with Gasteiger partial charge in [-0.15, -0.1) is 0 Å². The molecule has 78 valence electrons. The highest BCUT2D eigenvalue weighted by atomic mass is 32.2. The smallest absolute Gasteiger partial charge is 0.240 e. The van der Waals surface area contributed by atoms with Crippen LogP contribution in [0.5, 0.6) is 0 Å². The molecule has 4 N–H and O–H groups in total. The maximum Gasteiger partial charge on any atom is 0.240 e. The van der Waals surface area contributed by atoms with Crippen LogP contribution >= 0.6 is 0 Å². The second-order valence-corrected chi connectivity index (χ2v) is 4.12. The van der Waals surface area contributed by atoms with E-state index in [0.717, 1.165) is 12.1 Å². The van der Waals surface area contributed by atoms with Crippen molar-refractivity contribution in [3.05, 3.63) is 29.3 Å². The molecule has 0 bridgehead atoms. The quantitative estimate of drug-likeness (QED) is 0.742. The lowest BCUT2D eigenvalue weighted by Gasteiger charge is -2.05. The minimum Gasteiger partial charge on any atom is -0.326 e. The van der Waals surface area contributed by atoms with E-state index in [4.69, 9.17) is 10.9 Å². The van der Waals surface area contributed by atoms with E-state index in [-0.39, 0.29) is 0 Å². The molecule has 4 nitrogen and oxygen atoms in total. The molecule has 1 aromatic carbocycles. The van der Waals surface area contributed by atoms with Gasteiger partial charge in [-0.1, -0.05) is 0 Å². The van der Waals surface area contributed by atoms with Crippen molar-refractivity contribution in [1.82, 2.24) is 0 Å². The SMILES string of the molecule is NCc1c(F)ccc(S(N)(=O)=O)c1F. The Labute approximate surface area is 79.6 Å². The number of rotatable bonds is 2. The van der Waals surface area contributed by atoms with E-state index in [0.29, 0.717) is 0 Å². The van der Waals surface area contributed by atoms with Crippen molar-refractivity contribution in [3.8, 4) is 0 Å². The maximum atomic E-state index is 13.3. The van der Waals surface area contributed by atoms with Crippen LogP contribution in [-0.4, -0.2) is 8.42 Å². The van der Waals surface area contributed by atoms with E-state index in [9.17, 15) is 17.2 Å². The van der Waals surface area contributed by atoms with E-state index < -0.39 is 38.7 Å². The summed E-state index contributed by atoms with van der Waals surface area (Å²) in [4.78, 5) is -0.751. The van der Waals surface area contributed by atoms with E-state index in [1.807, 2.05) is 0 Å². The Morgan fingerprint density at radius 1 is 1.29 bits per heavy atom. The first-order valence-electron chi connectivity index (χ1n) is 3.57. The molecular formula is C7H8F2N2O2S. The summed E-state index contributed by atoms with van der Waals surface area (Å²) in [6.45, 7) is -0.430. The van der Waals surface area contributed by atoms with Crippen molar-refractivity contribution in [2.24, 2.45) is 10.9 Å². The molecule has 0 heterocycles. The molecule has 0 aliphatic rings. The first kappa shape index (κ1) is 11.0. The molecule has 1 rings (SSSR count). The van der Waals surface area contributed by atoms with Crippen molar-refractivity contribution < 1.29 is 17.2 Å². The highest BCUT2D eigenvalue weighted by Gasteiger charge is 2.19. The van der Waals surface area contributed by atoms with Crippen LogP contribution in [0.15, 0.2) is 17.0 Å². The molecule has 0 spiro atoms. The first-order chi connectivity index (χ1) is 6.38. The summed E-state index contributed by atoms with van der Waals surface area (Å²) in [6.07, 6.45) is 0. The van der Waals surface area contributed by atoms with Gasteiger partial charge in [0.15, 0.2) is 5.82 Å². The van der Waals surface area contributed by atoms with Gasteiger partial charge in [-0.2, -0.15) is 0 Å². The van der Waals surface area contributed by atoms with Crippen LogP contribution in [0, 0.1) is 11.6 Å². The first-order valence-corrected chi connectivity index (χ1v) is 5.12. The summed E-state index contributed by atoms with van der Waals surface area (Å²) < 4.78 is 47.7. The summed E-state index contributed by atoms with van der Waals surface area (Å²) in [5.41, 5.74) is 4.56. The van der Waals surface area contributed by atoms with Crippen LogP contribution in [0.4, 0.5) is 8.78 Å². The van der Waals surface area contributed by atoms with Gasteiger partial charge in [0.05, 0.1) is 0 Å². The zero-order chi connectivity index (χ0) is 10.9. The Kier molecular flexibility index (Phi) is 2.84. The Morgan fingerprint density at radius 3 is 2.29 bits per heavy atom. The molecular weight excluding hydrogens is 214 g/mol. The number of primary sulfonamides is 1. The molecule has 0 unspecified atom stereocenters. The summed E-state index contributed by atoms with van der Waals surface area (Å²) >= 11 is 0. The molecule has 0 atom stereocenters. The largest absolute Gasteiger partial charge is 0.326 e. The number of hydrogen-bond donors (Lipinski definition) is 2. The molecule has 0 fully saturated rings. The molecule has 0 saturated carbocycles. The van der Waals surface area contributed by atoms with Gasteiger partial charge in [0.1, 0.15) is 10.7 Å². The molecule has 1 aromatic rings. The highest BCUT2D eigenvalue weighted by Crippen LogP contribution is 2.19. The average Bonchev–Trinajstić information content (AvgIpc) is 2.02. The highest BCUT2D eigenvalue weighted by molar-refractivity contribution is 7.89. The van der Waals surface area contributed by atoms with E-state index in [1.54, 1.807) is 0 Å². The minimum atomic E-state index is -4.18. The molecule has 0 saturated heterocycles. The number of sulfonamides is 1. The van der Waals surface area contributed by atoms with E-state index >= 15 is 0 Å². The summed E-state index contributed by atoms with van der Waals surface area (Å²) in [5, 5.41) is 4.70. The maximum absolute atomic E-state index is 13.3. The molecule has 0 aliphatic heterocycles. The fourth-order valence-corrected chi connectivity index (χ4v) is 1.61. The average molecular weight is 222 g/mol. The standard InChI is InChI=1S/C7H8F2N2O2S/c8-5-1-2-6(14(11,12)13)7(9)4(5)3-10/h1-2H,3,10H2,(H2,11,12,13). The molecule has 0 radical (unpaired) electrons. The minimum absolute atomic E-state index is 0.430. The van der Waals surface area contributed by atoms with Gasteiger partial charge < -0.3 is 5.73 Å². The normalized spacial score (nSPS) is 11.7. The van der Waals surface area contributed by atoms with Crippen molar-refractivity contribution in [2.45, 2.75) is 11.4 Å². The van der Waals surface area contributed by atoms with Crippen LogP contribution < -0.4 is 10.9 Å². The Bertz CT molecular complexity index is 459. The van der Waals surface area contributed by atoms with Crippen LogP contribution in [0.2, 0.25) is 0 Å². The van der Waals surface area contributed by atoms with Gasteiger partial charge >= 0.3 is 0 Å². The van der Waals surface area contributed by atoms with E-state index in [1.165, 1.54) is 0 Å². The third-order valence-electron chi connectivity index (χ3n) is 1.66. The topological polar surface area (TPSA) is 86.2 Å². The lowest BCUT2D eigenvalue weighted by Crippen LogP contribution is -2.16. The van der Waals surface area contributed by atoms with Gasteiger partial charge in [-0.3, -0.25) is 0 Å². The van der Waals surface area contributed by atoms with Crippen LogP contribution in [0.1, 0.15) is 5.56 Å². The van der Waals surface area contributed by atoms with Crippen molar-refractivity contribution in [1.29, 1.82) is 0 Å². The van der Waals surface area contributed by atoms with Gasteiger partial charge in [-0.25, -0.2) is 22.3 Å². The second-order valence-electron chi connectivity index (χ2n) is 2.59. The fraction of sp³-hybridized carbons (Fsp3) is 0.143. The molecule has 0 amide bonds. The Morgan fingerprint density at radius 2 is 1.86 bits per heavy atom. The van der Waals surface area contributed by atoms with Crippen LogP contribution in [-0.2, 0) is 16.6 Å². The fourth-order valence-electron chi connectivity index (χ4n) is 0.983. The zero-order valence-corrected chi connectivity index (χ0v) is 7.81. The van der Waals surface area contributed by atoms with Crippen molar-refractivity contribution in [3.63, 3.8) is 0 Å². The van der Waals surface area contributed by atoms with Crippen LogP contribution in [0.25, 0.3) is 0 Å². The monoisotopic (exact) mass is 222 g/mol. The lowest BCUT2D eigenvalue weighted by molar-refractivity contribution is 0.529. The molecule has 7 heteroatoms. The Hall–Kier alpha value is -1.05.